The Hall–Kier alpha value is -0.690. The smallest absolute Gasteiger partial charge is 0.226 e. The zero-order valence-electron chi connectivity index (χ0n) is 7.84. The van der Waals surface area contributed by atoms with Crippen molar-refractivity contribution in [2.24, 2.45) is 0 Å². The van der Waals surface area contributed by atoms with Gasteiger partial charge in [-0.3, -0.25) is 0 Å². The SMILES string of the molecule is CCC1CCc2cc([ClH+])ccc2N1. The van der Waals surface area contributed by atoms with Gasteiger partial charge in [0.1, 0.15) is 0 Å². The molecule has 70 valence electrons. The van der Waals surface area contributed by atoms with Crippen molar-refractivity contribution in [2.75, 3.05) is 5.32 Å². The Morgan fingerprint density at radius 1 is 1.54 bits per heavy atom. The fourth-order valence-electron chi connectivity index (χ4n) is 1.85. The molecule has 0 bridgehead atoms. The van der Waals surface area contributed by atoms with Crippen molar-refractivity contribution >= 4 is 5.69 Å². The summed E-state index contributed by atoms with van der Waals surface area (Å²) in [5.41, 5.74) is 2.67. The Balaban J connectivity index is 2.26. The van der Waals surface area contributed by atoms with E-state index in [-0.39, 0.29) is 0 Å². The second-order valence-electron chi connectivity index (χ2n) is 3.61. The van der Waals surface area contributed by atoms with Crippen molar-refractivity contribution in [1.29, 1.82) is 0 Å². The maximum Gasteiger partial charge on any atom is 0.226 e. The zero-order valence-corrected chi connectivity index (χ0v) is 8.66. The molecule has 0 radical (unpaired) electrons. The van der Waals surface area contributed by atoms with Crippen molar-refractivity contribution in [3.63, 3.8) is 0 Å². The van der Waals surface area contributed by atoms with Gasteiger partial charge in [-0.1, -0.05) is 6.92 Å². The van der Waals surface area contributed by atoms with Crippen molar-refractivity contribution in [3.05, 3.63) is 28.8 Å². The first-order valence-corrected chi connectivity index (χ1v) is 5.27. The fraction of sp³-hybridized carbons (Fsp3) is 0.455. The number of benzene rings is 1. The first kappa shape index (κ1) is 8.89. The summed E-state index contributed by atoms with van der Waals surface area (Å²) in [5, 5.41) is 4.48. The normalized spacial score (nSPS) is 20.6. The minimum Gasteiger partial charge on any atom is -0.382 e. The molecule has 1 N–H and O–H groups in total. The molecular formula is C11H15ClN+. The van der Waals surface area contributed by atoms with E-state index in [0.29, 0.717) is 6.04 Å². The van der Waals surface area contributed by atoms with Crippen molar-refractivity contribution in [3.8, 4) is 0 Å². The van der Waals surface area contributed by atoms with Crippen LogP contribution < -0.4 is 5.32 Å². The van der Waals surface area contributed by atoms with Gasteiger partial charge in [-0.2, -0.15) is 0 Å². The first-order valence-electron chi connectivity index (χ1n) is 4.86. The molecule has 1 aromatic rings. The molecular weight excluding hydrogens is 182 g/mol. The van der Waals surface area contributed by atoms with Gasteiger partial charge in [0.25, 0.3) is 0 Å². The summed E-state index contributed by atoms with van der Waals surface area (Å²) in [4.78, 5) is 0. The van der Waals surface area contributed by atoms with Gasteiger partial charge in [-0.25, -0.2) is 0 Å². The van der Waals surface area contributed by atoms with Gasteiger partial charge in [0.05, 0.1) is 0 Å². The van der Waals surface area contributed by atoms with Gasteiger partial charge in [0, 0.05) is 23.9 Å². The molecule has 1 atom stereocenters. The van der Waals surface area contributed by atoms with E-state index >= 15 is 0 Å². The van der Waals surface area contributed by atoms with Crippen LogP contribution in [0.25, 0.3) is 0 Å². The lowest BCUT2D eigenvalue weighted by Crippen LogP contribution is -2.24. The molecule has 0 saturated carbocycles. The summed E-state index contributed by atoms with van der Waals surface area (Å²) >= 11 is 5.13. The van der Waals surface area contributed by atoms with Crippen LogP contribution in [0.5, 0.6) is 0 Å². The number of fused-ring (bicyclic) bond motifs is 1. The number of aryl methyl sites for hydroxylation is 1. The van der Waals surface area contributed by atoms with Crippen LogP contribution in [0.1, 0.15) is 25.3 Å². The molecule has 0 aromatic heterocycles. The maximum atomic E-state index is 5.13. The summed E-state index contributed by atoms with van der Waals surface area (Å²) in [5.74, 6) is 0. The Labute approximate surface area is 84.1 Å². The van der Waals surface area contributed by atoms with Gasteiger partial charge in [0.15, 0.2) is 11.6 Å². The molecule has 0 aliphatic carbocycles. The number of hydrogen-bond donors (Lipinski definition) is 1. The molecule has 1 aliphatic rings. The summed E-state index contributed by atoms with van der Waals surface area (Å²) in [6, 6.07) is 6.88. The van der Waals surface area contributed by atoms with Crippen LogP contribution in [-0.4, -0.2) is 6.04 Å². The van der Waals surface area contributed by atoms with E-state index in [1.807, 2.05) is 6.07 Å². The van der Waals surface area contributed by atoms with Crippen LogP contribution in [0.2, 0.25) is 5.02 Å². The Morgan fingerprint density at radius 3 is 3.15 bits per heavy atom. The van der Waals surface area contributed by atoms with Crippen LogP contribution in [-0.2, 0) is 6.42 Å². The second kappa shape index (κ2) is 3.59. The van der Waals surface area contributed by atoms with E-state index in [0.717, 1.165) is 5.02 Å². The highest BCUT2D eigenvalue weighted by Gasteiger charge is 2.16. The Morgan fingerprint density at radius 2 is 2.38 bits per heavy atom. The summed E-state index contributed by atoms with van der Waals surface area (Å²) in [6.45, 7) is 2.23. The zero-order chi connectivity index (χ0) is 9.26. The molecule has 1 unspecified atom stereocenters. The van der Waals surface area contributed by atoms with E-state index in [1.54, 1.807) is 0 Å². The lowest BCUT2D eigenvalue weighted by atomic mass is 9.97. The predicted molar refractivity (Wildman–Crippen MR) is 53.0 cm³/mol. The minimum atomic E-state index is 0.656. The molecule has 1 aliphatic heterocycles. The fourth-order valence-corrected chi connectivity index (χ4v) is 2.06. The van der Waals surface area contributed by atoms with Crippen molar-refractivity contribution in [2.45, 2.75) is 32.2 Å². The number of rotatable bonds is 1. The van der Waals surface area contributed by atoms with Crippen LogP contribution in [0.4, 0.5) is 5.69 Å². The van der Waals surface area contributed by atoms with E-state index in [2.05, 4.69) is 24.4 Å². The van der Waals surface area contributed by atoms with E-state index in [1.165, 1.54) is 30.5 Å². The number of halogens is 1. The number of hydrogen-bond acceptors (Lipinski definition) is 1. The molecule has 1 nitrogen and oxygen atoms in total. The van der Waals surface area contributed by atoms with Crippen LogP contribution >= 0.6 is 0 Å². The third kappa shape index (κ3) is 1.80. The third-order valence-electron chi connectivity index (χ3n) is 2.69. The van der Waals surface area contributed by atoms with E-state index in [4.69, 9.17) is 11.6 Å². The van der Waals surface area contributed by atoms with Gasteiger partial charge >= 0.3 is 0 Å². The molecule has 0 saturated heterocycles. The van der Waals surface area contributed by atoms with E-state index < -0.39 is 0 Å². The second-order valence-corrected chi connectivity index (χ2v) is 4.08. The number of anilines is 1. The molecule has 2 rings (SSSR count). The highest BCUT2D eigenvalue weighted by atomic mass is 35.5. The molecule has 1 heterocycles. The minimum absolute atomic E-state index is 0.656. The van der Waals surface area contributed by atoms with Crippen LogP contribution in [0, 0.1) is 11.6 Å². The van der Waals surface area contributed by atoms with Crippen molar-refractivity contribution < 1.29 is 11.6 Å². The molecule has 2 heteroatoms. The highest BCUT2D eigenvalue weighted by molar-refractivity contribution is 5.54. The van der Waals surface area contributed by atoms with Gasteiger partial charge in [-0.05, 0) is 30.9 Å². The van der Waals surface area contributed by atoms with Crippen molar-refractivity contribution in [1.82, 2.24) is 0 Å². The molecule has 13 heavy (non-hydrogen) atoms. The lowest BCUT2D eigenvalue weighted by molar-refractivity contribution is -0.288. The Kier molecular flexibility index (Phi) is 2.45. The average molecular weight is 197 g/mol. The standard InChI is InChI=1S/C11H15ClN/c1-2-10-5-3-8-7-9(12)4-6-11(8)13-10/h4,6-7,10,12-13H,2-3,5H2,1H3/q+1. The molecule has 1 aromatic carbocycles. The topological polar surface area (TPSA) is 12.0 Å². The Bertz CT molecular complexity index is 309. The number of nitrogens with one attached hydrogen (secondary N) is 1. The summed E-state index contributed by atoms with van der Waals surface area (Å²) in [6.07, 6.45) is 3.61. The van der Waals surface area contributed by atoms with Crippen LogP contribution in [0.15, 0.2) is 18.2 Å². The monoisotopic (exact) mass is 196 g/mol. The third-order valence-corrected chi connectivity index (χ3v) is 2.95. The average Bonchev–Trinajstić information content (AvgIpc) is 2.17. The van der Waals surface area contributed by atoms with Gasteiger partial charge in [-0.15, -0.1) is 0 Å². The van der Waals surface area contributed by atoms with E-state index in [9.17, 15) is 0 Å². The van der Waals surface area contributed by atoms with Gasteiger partial charge < -0.3 is 5.32 Å². The quantitative estimate of drug-likeness (QED) is 0.728. The molecule has 0 fully saturated rings. The van der Waals surface area contributed by atoms with Gasteiger partial charge in [0.2, 0.25) is 5.02 Å². The summed E-state index contributed by atoms with van der Waals surface area (Å²) in [7, 11) is 0. The maximum absolute atomic E-state index is 5.13. The van der Waals surface area contributed by atoms with Crippen LogP contribution in [0.3, 0.4) is 0 Å². The largest absolute Gasteiger partial charge is 0.382 e. The molecule has 0 amide bonds. The lowest BCUT2D eigenvalue weighted by Gasteiger charge is -2.25. The first-order chi connectivity index (χ1) is 6.29. The highest BCUT2D eigenvalue weighted by Crippen LogP contribution is 2.26. The summed E-state index contributed by atoms with van der Waals surface area (Å²) < 4.78 is 0. The predicted octanol–water partition coefficient (Wildman–Crippen LogP) is 2.52. The molecule has 0 spiro atoms.